The monoisotopic (exact) mass is 180 g/mol. The Morgan fingerprint density at radius 1 is 1.62 bits per heavy atom. The normalized spacial score (nSPS) is 21.4. The van der Waals surface area contributed by atoms with Crippen LogP contribution in [0.1, 0.15) is 31.4 Å². The Morgan fingerprint density at radius 2 is 2.38 bits per heavy atom. The average molecular weight is 180 g/mol. The summed E-state index contributed by atoms with van der Waals surface area (Å²) in [7, 11) is 0. The highest BCUT2D eigenvalue weighted by Gasteiger charge is 2.33. The quantitative estimate of drug-likeness (QED) is 0.549. The lowest BCUT2D eigenvalue weighted by Gasteiger charge is -2.21. The molecule has 1 aliphatic carbocycles. The molecule has 72 valence electrons. The lowest BCUT2D eigenvalue weighted by molar-refractivity contribution is 0.352. The molecule has 1 aromatic rings. The van der Waals surface area contributed by atoms with Gasteiger partial charge >= 0.3 is 0 Å². The van der Waals surface area contributed by atoms with E-state index in [2.05, 4.69) is 12.3 Å². The second-order valence-corrected chi connectivity index (χ2v) is 3.90. The van der Waals surface area contributed by atoms with Crippen molar-refractivity contribution in [3.8, 4) is 0 Å². The van der Waals surface area contributed by atoms with Crippen LogP contribution in [0, 0.1) is 11.8 Å². The molecule has 1 heterocycles. The van der Waals surface area contributed by atoms with Crippen LogP contribution in [-0.2, 0) is 0 Å². The molecule has 1 fully saturated rings. The number of hydrogen-bond acceptors (Lipinski definition) is 3. The van der Waals surface area contributed by atoms with Gasteiger partial charge in [-0.25, -0.2) is 0 Å². The molecule has 1 aromatic heterocycles. The number of nitrogens with two attached hydrogens (primary N) is 1. The fourth-order valence-electron chi connectivity index (χ4n) is 1.90. The maximum Gasteiger partial charge on any atom is 0.0950 e. The third-order valence-electron chi connectivity index (χ3n) is 2.97. The molecular formula is C10H16N2O. The van der Waals surface area contributed by atoms with Crippen LogP contribution in [0.25, 0.3) is 0 Å². The summed E-state index contributed by atoms with van der Waals surface area (Å²) in [6.07, 6.45) is 6.15. The molecule has 3 nitrogen and oxygen atoms in total. The molecule has 0 amide bonds. The van der Waals surface area contributed by atoms with Crippen LogP contribution in [0.5, 0.6) is 0 Å². The van der Waals surface area contributed by atoms with Crippen molar-refractivity contribution in [1.82, 2.24) is 5.43 Å². The molecular weight excluding hydrogens is 164 g/mol. The van der Waals surface area contributed by atoms with Crippen molar-refractivity contribution in [3.05, 3.63) is 24.2 Å². The molecule has 3 N–H and O–H groups in total. The van der Waals surface area contributed by atoms with Crippen molar-refractivity contribution >= 4 is 0 Å². The predicted octanol–water partition coefficient (Wildman–Crippen LogP) is 1.83. The Hall–Kier alpha value is -0.800. The van der Waals surface area contributed by atoms with Crippen LogP contribution in [0.4, 0.5) is 0 Å². The van der Waals surface area contributed by atoms with E-state index >= 15 is 0 Å². The Kier molecular flexibility index (Phi) is 2.38. The average Bonchev–Trinajstić information content (AvgIpc) is 2.86. The van der Waals surface area contributed by atoms with Crippen LogP contribution in [0.2, 0.25) is 0 Å². The molecule has 0 aliphatic heterocycles. The summed E-state index contributed by atoms with van der Waals surface area (Å²) in [5.74, 6) is 6.98. The minimum Gasteiger partial charge on any atom is -0.472 e. The zero-order valence-electron chi connectivity index (χ0n) is 7.86. The third-order valence-corrected chi connectivity index (χ3v) is 2.97. The number of hydrazine groups is 1. The Labute approximate surface area is 78.3 Å². The SMILES string of the molecule is CC(C1CC1)C(NN)c1ccoc1. The summed E-state index contributed by atoms with van der Waals surface area (Å²) in [5.41, 5.74) is 4.02. The first kappa shape index (κ1) is 8.78. The van der Waals surface area contributed by atoms with Crippen molar-refractivity contribution < 1.29 is 4.42 Å². The van der Waals surface area contributed by atoms with E-state index in [-0.39, 0.29) is 6.04 Å². The molecule has 1 aliphatic rings. The molecule has 0 aromatic carbocycles. The Morgan fingerprint density at radius 3 is 2.85 bits per heavy atom. The minimum atomic E-state index is 0.242. The van der Waals surface area contributed by atoms with Gasteiger partial charge in [0.1, 0.15) is 0 Å². The van der Waals surface area contributed by atoms with E-state index in [1.165, 1.54) is 12.8 Å². The maximum absolute atomic E-state index is 5.54. The van der Waals surface area contributed by atoms with Crippen molar-refractivity contribution in [2.24, 2.45) is 17.7 Å². The van der Waals surface area contributed by atoms with Crippen LogP contribution < -0.4 is 11.3 Å². The van der Waals surface area contributed by atoms with E-state index in [0.717, 1.165) is 11.5 Å². The summed E-state index contributed by atoms with van der Waals surface area (Å²) in [5, 5.41) is 0. The van der Waals surface area contributed by atoms with Gasteiger partial charge in [0.05, 0.1) is 18.6 Å². The van der Waals surface area contributed by atoms with E-state index in [9.17, 15) is 0 Å². The molecule has 0 spiro atoms. The molecule has 0 radical (unpaired) electrons. The number of hydrogen-bond donors (Lipinski definition) is 2. The van der Waals surface area contributed by atoms with Gasteiger partial charge in [-0.1, -0.05) is 6.92 Å². The first-order chi connectivity index (χ1) is 6.33. The zero-order chi connectivity index (χ0) is 9.26. The first-order valence-corrected chi connectivity index (χ1v) is 4.81. The molecule has 2 rings (SSSR count). The van der Waals surface area contributed by atoms with Crippen molar-refractivity contribution in [3.63, 3.8) is 0 Å². The highest BCUT2D eigenvalue weighted by atomic mass is 16.3. The van der Waals surface area contributed by atoms with Crippen LogP contribution in [0.3, 0.4) is 0 Å². The summed E-state index contributed by atoms with van der Waals surface area (Å²) >= 11 is 0. The minimum absolute atomic E-state index is 0.242. The molecule has 3 heteroatoms. The van der Waals surface area contributed by atoms with E-state index in [1.54, 1.807) is 12.5 Å². The van der Waals surface area contributed by atoms with Crippen LogP contribution in [0.15, 0.2) is 23.0 Å². The molecule has 2 atom stereocenters. The highest BCUT2D eigenvalue weighted by molar-refractivity contribution is 5.13. The molecule has 2 unspecified atom stereocenters. The molecule has 13 heavy (non-hydrogen) atoms. The third kappa shape index (κ3) is 1.76. The molecule has 0 saturated heterocycles. The highest BCUT2D eigenvalue weighted by Crippen LogP contribution is 2.42. The fraction of sp³-hybridized carbons (Fsp3) is 0.600. The fourth-order valence-corrected chi connectivity index (χ4v) is 1.90. The van der Waals surface area contributed by atoms with E-state index in [1.807, 2.05) is 6.07 Å². The van der Waals surface area contributed by atoms with Crippen molar-refractivity contribution in [1.29, 1.82) is 0 Å². The second kappa shape index (κ2) is 3.52. The summed E-state index contributed by atoms with van der Waals surface area (Å²) < 4.78 is 5.05. The second-order valence-electron chi connectivity index (χ2n) is 3.90. The van der Waals surface area contributed by atoms with Gasteiger partial charge in [0.2, 0.25) is 0 Å². The topological polar surface area (TPSA) is 51.2 Å². The van der Waals surface area contributed by atoms with E-state index in [0.29, 0.717) is 5.92 Å². The van der Waals surface area contributed by atoms with Crippen LogP contribution >= 0.6 is 0 Å². The van der Waals surface area contributed by atoms with Crippen molar-refractivity contribution in [2.45, 2.75) is 25.8 Å². The van der Waals surface area contributed by atoms with Gasteiger partial charge in [-0.05, 0) is 30.7 Å². The van der Waals surface area contributed by atoms with Gasteiger partial charge < -0.3 is 4.42 Å². The standard InChI is InChI=1S/C10H16N2O/c1-7(8-2-3-8)10(12-11)9-4-5-13-6-9/h4-8,10,12H,2-3,11H2,1H3. The first-order valence-electron chi connectivity index (χ1n) is 4.81. The van der Waals surface area contributed by atoms with Gasteiger partial charge in [-0.15, -0.1) is 0 Å². The predicted molar refractivity (Wildman–Crippen MR) is 50.7 cm³/mol. The van der Waals surface area contributed by atoms with Crippen molar-refractivity contribution in [2.75, 3.05) is 0 Å². The van der Waals surface area contributed by atoms with Crippen LogP contribution in [-0.4, -0.2) is 0 Å². The van der Waals surface area contributed by atoms with Gasteiger partial charge in [-0.3, -0.25) is 11.3 Å². The Bertz CT molecular complexity index is 254. The smallest absolute Gasteiger partial charge is 0.0950 e. The number of furan rings is 1. The number of nitrogens with one attached hydrogen (secondary N) is 1. The van der Waals surface area contributed by atoms with Gasteiger partial charge in [0, 0.05) is 5.56 Å². The largest absolute Gasteiger partial charge is 0.472 e. The lowest BCUT2D eigenvalue weighted by Crippen LogP contribution is -2.33. The van der Waals surface area contributed by atoms with E-state index < -0.39 is 0 Å². The van der Waals surface area contributed by atoms with Gasteiger partial charge in [0.15, 0.2) is 0 Å². The molecule has 1 saturated carbocycles. The van der Waals surface area contributed by atoms with Gasteiger partial charge in [0.25, 0.3) is 0 Å². The summed E-state index contributed by atoms with van der Waals surface area (Å²) in [6, 6.07) is 2.22. The maximum atomic E-state index is 5.54. The van der Waals surface area contributed by atoms with E-state index in [4.69, 9.17) is 10.3 Å². The lowest BCUT2D eigenvalue weighted by atomic mass is 9.93. The van der Waals surface area contributed by atoms with Gasteiger partial charge in [-0.2, -0.15) is 0 Å². The Balaban J connectivity index is 2.08. The zero-order valence-corrected chi connectivity index (χ0v) is 7.86. The summed E-state index contributed by atoms with van der Waals surface area (Å²) in [6.45, 7) is 2.25. The number of rotatable bonds is 4. The summed E-state index contributed by atoms with van der Waals surface area (Å²) in [4.78, 5) is 0. The molecule has 0 bridgehead atoms.